The van der Waals surface area contributed by atoms with Crippen LogP contribution in [0.3, 0.4) is 0 Å². The molecule has 1 saturated heterocycles. The van der Waals surface area contributed by atoms with Crippen LogP contribution in [0.5, 0.6) is 0 Å². The molecular weight excluding hydrogens is 368 g/mol. The molecule has 7 heteroatoms. The van der Waals surface area contributed by atoms with Crippen LogP contribution in [-0.2, 0) is 9.59 Å². The van der Waals surface area contributed by atoms with Crippen molar-refractivity contribution < 1.29 is 14.4 Å². The van der Waals surface area contributed by atoms with Gasteiger partial charge in [0.05, 0.1) is 0 Å². The quantitative estimate of drug-likeness (QED) is 0.520. The van der Waals surface area contributed by atoms with Crippen LogP contribution in [0.1, 0.15) is 42.5 Å². The third-order valence-electron chi connectivity index (χ3n) is 6.10. The number of likely N-dealkylation sites (N-methyl/N-ethyl adjacent to an activating group) is 1. The molecule has 1 spiro atoms. The van der Waals surface area contributed by atoms with Gasteiger partial charge in [-0.1, -0.05) is 6.07 Å². The Kier molecular flexibility index (Phi) is 6.90. The highest BCUT2D eigenvalue weighted by Crippen LogP contribution is 2.52. The Morgan fingerprint density at radius 1 is 1.31 bits per heavy atom. The summed E-state index contributed by atoms with van der Waals surface area (Å²) >= 11 is 0. The molecule has 2 aliphatic rings. The van der Waals surface area contributed by atoms with Gasteiger partial charge >= 0.3 is 0 Å². The van der Waals surface area contributed by atoms with E-state index in [0.717, 1.165) is 30.9 Å². The van der Waals surface area contributed by atoms with Crippen LogP contribution in [0.2, 0.25) is 0 Å². The molecule has 29 heavy (non-hydrogen) atoms. The van der Waals surface area contributed by atoms with Crippen LogP contribution in [0.25, 0.3) is 0 Å². The minimum atomic E-state index is -0.717. The summed E-state index contributed by atoms with van der Waals surface area (Å²) in [5.41, 5.74) is 2.01. The number of likely N-dealkylation sites (tertiary alicyclic amines) is 1. The zero-order valence-corrected chi connectivity index (χ0v) is 17.4. The third-order valence-corrected chi connectivity index (χ3v) is 6.10. The van der Waals surface area contributed by atoms with E-state index in [1.54, 1.807) is 12.1 Å². The number of amides is 2. The number of hydrogen-bond acceptors (Lipinski definition) is 5. The Labute approximate surface area is 172 Å². The number of nitrogens with one attached hydrogen (secondary N) is 3. The SMILES string of the molecule is CNC(=O)C(CCC=O)NC(=O)c1cccc(NCCC2CC3(C2)CN(C)C3)c1. The zero-order valence-electron chi connectivity index (χ0n) is 17.4. The summed E-state index contributed by atoms with van der Waals surface area (Å²) in [4.78, 5) is 37.5. The summed E-state index contributed by atoms with van der Waals surface area (Å²) in [5.74, 6) is 0.183. The largest absolute Gasteiger partial charge is 0.385 e. The molecule has 7 nitrogen and oxygen atoms in total. The number of anilines is 1. The second-order valence-electron chi connectivity index (χ2n) is 8.63. The molecule has 0 bridgehead atoms. The minimum Gasteiger partial charge on any atom is -0.385 e. The van der Waals surface area contributed by atoms with Crippen LogP contribution in [0.4, 0.5) is 5.69 Å². The standard InChI is InChI=1S/C22H32N4O3/c1-23-21(29)19(7-4-10-27)25-20(28)17-5-3-6-18(11-17)24-9-8-16-12-22(13-16)14-26(2)15-22/h3,5-6,10-11,16,19,24H,4,7-9,12-15H2,1-2H3,(H,23,29)(H,25,28). The zero-order chi connectivity index (χ0) is 20.9. The van der Waals surface area contributed by atoms with Crippen molar-refractivity contribution in [3.05, 3.63) is 29.8 Å². The predicted octanol–water partition coefficient (Wildman–Crippen LogP) is 1.65. The van der Waals surface area contributed by atoms with Gasteiger partial charge in [0.15, 0.2) is 0 Å². The maximum atomic E-state index is 12.6. The normalized spacial score (nSPS) is 19.0. The summed E-state index contributed by atoms with van der Waals surface area (Å²) < 4.78 is 0. The van der Waals surface area contributed by atoms with Crippen molar-refractivity contribution in [2.45, 2.75) is 38.1 Å². The lowest BCUT2D eigenvalue weighted by molar-refractivity contribution is -0.122. The van der Waals surface area contributed by atoms with Crippen LogP contribution < -0.4 is 16.0 Å². The van der Waals surface area contributed by atoms with Crippen molar-refractivity contribution in [3.63, 3.8) is 0 Å². The summed E-state index contributed by atoms with van der Waals surface area (Å²) in [7, 11) is 3.70. The summed E-state index contributed by atoms with van der Waals surface area (Å²) in [6, 6.07) is 6.59. The van der Waals surface area contributed by atoms with Gasteiger partial charge in [0, 0.05) is 44.4 Å². The van der Waals surface area contributed by atoms with Crippen molar-refractivity contribution in [1.82, 2.24) is 15.5 Å². The van der Waals surface area contributed by atoms with Crippen molar-refractivity contribution in [1.29, 1.82) is 0 Å². The Morgan fingerprint density at radius 2 is 2.07 bits per heavy atom. The lowest BCUT2D eigenvalue weighted by Gasteiger charge is -2.58. The van der Waals surface area contributed by atoms with Gasteiger partial charge in [0.2, 0.25) is 5.91 Å². The van der Waals surface area contributed by atoms with Crippen molar-refractivity contribution >= 4 is 23.8 Å². The fourth-order valence-corrected chi connectivity index (χ4v) is 4.84. The first-order valence-electron chi connectivity index (χ1n) is 10.4. The van der Waals surface area contributed by atoms with Gasteiger partial charge in [-0.25, -0.2) is 0 Å². The summed E-state index contributed by atoms with van der Waals surface area (Å²) in [6.07, 6.45) is 5.07. The number of aldehydes is 1. The molecular formula is C22H32N4O3. The highest BCUT2D eigenvalue weighted by atomic mass is 16.2. The van der Waals surface area contributed by atoms with E-state index in [4.69, 9.17) is 0 Å². The number of benzene rings is 1. The maximum absolute atomic E-state index is 12.6. The van der Waals surface area contributed by atoms with E-state index in [1.165, 1.54) is 33.0 Å². The second-order valence-corrected chi connectivity index (χ2v) is 8.63. The highest BCUT2D eigenvalue weighted by Gasteiger charge is 2.50. The van der Waals surface area contributed by atoms with Crippen LogP contribution in [0.15, 0.2) is 24.3 Å². The molecule has 1 atom stereocenters. The smallest absolute Gasteiger partial charge is 0.252 e. The summed E-state index contributed by atoms with van der Waals surface area (Å²) in [5, 5.41) is 8.66. The van der Waals surface area contributed by atoms with Crippen LogP contribution in [0, 0.1) is 11.3 Å². The maximum Gasteiger partial charge on any atom is 0.252 e. The molecule has 2 amide bonds. The molecule has 1 saturated carbocycles. The first-order chi connectivity index (χ1) is 13.9. The fourth-order valence-electron chi connectivity index (χ4n) is 4.84. The first kappa shape index (κ1) is 21.3. The van der Waals surface area contributed by atoms with Gasteiger partial charge in [-0.2, -0.15) is 0 Å². The van der Waals surface area contributed by atoms with Crippen molar-refractivity contribution in [3.8, 4) is 0 Å². The number of nitrogens with zero attached hydrogens (tertiary/aromatic N) is 1. The Morgan fingerprint density at radius 3 is 2.72 bits per heavy atom. The Balaban J connectivity index is 1.46. The lowest BCUT2D eigenvalue weighted by Crippen LogP contribution is -2.60. The van der Waals surface area contributed by atoms with E-state index in [0.29, 0.717) is 11.0 Å². The van der Waals surface area contributed by atoms with E-state index >= 15 is 0 Å². The molecule has 1 aliphatic heterocycles. The molecule has 3 N–H and O–H groups in total. The molecule has 1 aromatic rings. The van der Waals surface area contributed by atoms with E-state index in [2.05, 4.69) is 27.9 Å². The molecule has 158 valence electrons. The van der Waals surface area contributed by atoms with E-state index < -0.39 is 6.04 Å². The molecule has 1 unspecified atom stereocenters. The molecule has 1 aromatic carbocycles. The van der Waals surface area contributed by atoms with Crippen molar-refractivity contribution in [2.24, 2.45) is 11.3 Å². The van der Waals surface area contributed by atoms with Gasteiger partial charge in [0.1, 0.15) is 12.3 Å². The second kappa shape index (κ2) is 9.39. The predicted molar refractivity (Wildman–Crippen MR) is 113 cm³/mol. The Hall–Kier alpha value is -2.41. The molecule has 1 aliphatic carbocycles. The topological polar surface area (TPSA) is 90.5 Å². The van der Waals surface area contributed by atoms with E-state index in [1.807, 2.05) is 12.1 Å². The number of carbonyl (C=O) groups is 3. The molecule has 1 heterocycles. The molecule has 0 radical (unpaired) electrons. The Bertz CT molecular complexity index is 737. The average molecular weight is 401 g/mol. The monoisotopic (exact) mass is 400 g/mol. The van der Waals surface area contributed by atoms with Crippen LogP contribution in [-0.4, -0.2) is 62.8 Å². The molecule has 3 rings (SSSR count). The van der Waals surface area contributed by atoms with E-state index in [9.17, 15) is 14.4 Å². The fraction of sp³-hybridized carbons (Fsp3) is 0.591. The van der Waals surface area contributed by atoms with Gasteiger partial charge in [-0.05, 0) is 62.3 Å². The van der Waals surface area contributed by atoms with Gasteiger partial charge in [-0.15, -0.1) is 0 Å². The third kappa shape index (κ3) is 5.35. The minimum absolute atomic E-state index is 0.221. The number of carbonyl (C=O) groups excluding carboxylic acids is 3. The lowest BCUT2D eigenvalue weighted by atomic mass is 9.57. The highest BCUT2D eigenvalue weighted by molar-refractivity contribution is 5.98. The molecule has 0 aromatic heterocycles. The molecule has 2 fully saturated rings. The van der Waals surface area contributed by atoms with Gasteiger partial charge in [0.25, 0.3) is 5.91 Å². The first-order valence-corrected chi connectivity index (χ1v) is 10.4. The number of rotatable bonds is 10. The van der Waals surface area contributed by atoms with Crippen molar-refractivity contribution in [2.75, 3.05) is 39.0 Å². The van der Waals surface area contributed by atoms with Gasteiger partial charge < -0.3 is 25.6 Å². The average Bonchev–Trinajstić information content (AvgIpc) is 2.67. The summed E-state index contributed by atoms with van der Waals surface area (Å²) in [6.45, 7) is 3.39. The van der Waals surface area contributed by atoms with Gasteiger partial charge in [-0.3, -0.25) is 9.59 Å². The van der Waals surface area contributed by atoms with Crippen LogP contribution >= 0.6 is 0 Å². The van der Waals surface area contributed by atoms with E-state index in [-0.39, 0.29) is 24.7 Å². The number of hydrogen-bond donors (Lipinski definition) is 3.